The Morgan fingerprint density at radius 1 is 1.07 bits per heavy atom. The maximum atomic E-state index is 12.6. The van der Waals surface area contributed by atoms with Gasteiger partial charge in [0.25, 0.3) is 5.56 Å². The van der Waals surface area contributed by atoms with E-state index in [9.17, 15) is 4.79 Å². The van der Waals surface area contributed by atoms with Gasteiger partial charge in [-0.2, -0.15) is 5.10 Å². The summed E-state index contributed by atoms with van der Waals surface area (Å²) in [6.45, 7) is 2.12. The number of aromatic nitrogens is 5. The molecule has 1 aliphatic rings. The third kappa shape index (κ3) is 3.65. The zero-order valence-electron chi connectivity index (χ0n) is 16.1. The van der Waals surface area contributed by atoms with E-state index in [0.717, 1.165) is 40.2 Å². The highest BCUT2D eigenvalue weighted by Gasteiger charge is 2.22. The molecule has 0 bridgehead atoms. The maximum absolute atomic E-state index is 12.6. The number of nitrogens with zero attached hydrogens (tertiary/aromatic N) is 4. The second-order valence-corrected chi connectivity index (χ2v) is 7.75. The molecule has 7 nitrogen and oxygen atoms in total. The van der Waals surface area contributed by atoms with Crippen LogP contribution in [-0.4, -0.2) is 36.6 Å². The first-order valence-electron chi connectivity index (χ1n) is 9.70. The van der Waals surface area contributed by atoms with E-state index in [-0.39, 0.29) is 5.56 Å². The number of pyridine rings is 1. The summed E-state index contributed by atoms with van der Waals surface area (Å²) in [5.41, 5.74) is 5.51. The number of aromatic amines is 2. The number of benzene rings is 1. The molecule has 0 saturated heterocycles. The molecule has 4 aromatic rings. The largest absolute Gasteiger partial charge is 0.306 e. The summed E-state index contributed by atoms with van der Waals surface area (Å²) in [6, 6.07) is 11.4. The zero-order valence-corrected chi connectivity index (χ0v) is 16.9. The fourth-order valence-corrected chi connectivity index (χ4v) is 3.94. The Bertz CT molecular complexity index is 1230. The lowest BCUT2D eigenvalue weighted by Crippen LogP contribution is -2.35. The van der Waals surface area contributed by atoms with Gasteiger partial charge in [-0.05, 0) is 36.2 Å². The van der Waals surface area contributed by atoms with Gasteiger partial charge in [0.15, 0.2) is 0 Å². The van der Waals surface area contributed by atoms with E-state index in [0.29, 0.717) is 30.4 Å². The number of halogens is 1. The maximum Gasteiger partial charge on any atom is 0.254 e. The Morgan fingerprint density at radius 2 is 1.87 bits per heavy atom. The number of fused-ring (bicyclic) bond motifs is 1. The van der Waals surface area contributed by atoms with Gasteiger partial charge in [0.1, 0.15) is 5.82 Å². The summed E-state index contributed by atoms with van der Waals surface area (Å²) in [4.78, 5) is 26.6. The van der Waals surface area contributed by atoms with E-state index in [1.165, 1.54) is 0 Å². The second-order valence-electron chi connectivity index (χ2n) is 7.31. The Hall–Kier alpha value is -3.29. The average molecular weight is 419 g/mol. The Kier molecular flexibility index (Phi) is 4.90. The monoisotopic (exact) mass is 418 g/mol. The first kappa shape index (κ1) is 18.7. The van der Waals surface area contributed by atoms with Crippen LogP contribution >= 0.6 is 11.6 Å². The molecule has 150 valence electrons. The van der Waals surface area contributed by atoms with Crippen molar-refractivity contribution in [3.8, 4) is 22.6 Å². The Morgan fingerprint density at radius 3 is 2.67 bits per heavy atom. The first-order valence-corrected chi connectivity index (χ1v) is 10.1. The van der Waals surface area contributed by atoms with E-state index >= 15 is 0 Å². The molecule has 0 aliphatic carbocycles. The lowest BCUT2D eigenvalue weighted by Gasteiger charge is -2.27. The van der Waals surface area contributed by atoms with E-state index in [1.807, 2.05) is 42.6 Å². The van der Waals surface area contributed by atoms with Crippen LogP contribution in [0.4, 0.5) is 0 Å². The molecule has 0 saturated carbocycles. The van der Waals surface area contributed by atoms with Crippen molar-refractivity contribution in [2.75, 3.05) is 6.54 Å². The number of hydrogen-bond donors (Lipinski definition) is 2. The van der Waals surface area contributed by atoms with Crippen LogP contribution in [0.15, 0.2) is 59.8 Å². The molecule has 3 aromatic heterocycles. The van der Waals surface area contributed by atoms with E-state index in [4.69, 9.17) is 16.6 Å². The van der Waals surface area contributed by atoms with E-state index < -0.39 is 0 Å². The van der Waals surface area contributed by atoms with Gasteiger partial charge in [0, 0.05) is 53.7 Å². The van der Waals surface area contributed by atoms with Gasteiger partial charge in [-0.1, -0.05) is 23.7 Å². The third-order valence-electron chi connectivity index (χ3n) is 5.35. The topological polar surface area (TPSA) is 90.6 Å². The molecule has 0 radical (unpaired) electrons. The van der Waals surface area contributed by atoms with Gasteiger partial charge in [-0.25, -0.2) is 4.98 Å². The van der Waals surface area contributed by atoms with E-state index in [2.05, 4.69) is 25.1 Å². The number of rotatable bonds is 4. The highest BCUT2D eigenvalue weighted by atomic mass is 35.5. The normalized spacial score (nSPS) is 13.9. The molecule has 0 fully saturated rings. The lowest BCUT2D eigenvalue weighted by molar-refractivity contribution is 0.241. The zero-order chi connectivity index (χ0) is 20.5. The molecule has 1 aromatic carbocycles. The third-order valence-corrected chi connectivity index (χ3v) is 5.60. The van der Waals surface area contributed by atoms with Gasteiger partial charge in [-0.3, -0.25) is 19.8 Å². The van der Waals surface area contributed by atoms with Crippen LogP contribution in [-0.2, 0) is 19.5 Å². The Labute approximate surface area is 177 Å². The minimum atomic E-state index is -0.0587. The number of H-pyrrole nitrogens is 2. The van der Waals surface area contributed by atoms with Crippen molar-refractivity contribution in [1.29, 1.82) is 0 Å². The van der Waals surface area contributed by atoms with Crippen LogP contribution in [0.25, 0.3) is 22.6 Å². The minimum absolute atomic E-state index is 0.0587. The fraction of sp³-hybridized carbons (Fsp3) is 0.182. The molecule has 0 unspecified atom stereocenters. The van der Waals surface area contributed by atoms with Gasteiger partial charge in [0.2, 0.25) is 0 Å². The van der Waals surface area contributed by atoms with Crippen LogP contribution in [0.3, 0.4) is 0 Å². The number of nitrogens with one attached hydrogen (secondary N) is 2. The molecule has 0 spiro atoms. The summed E-state index contributed by atoms with van der Waals surface area (Å²) in [6.07, 6.45) is 5.91. The van der Waals surface area contributed by atoms with Crippen LogP contribution in [0.5, 0.6) is 0 Å². The van der Waals surface area contributed by atoms with Crippen molar-refractivity contribution in [3.05, 3.63) is 87.2 Å². The molecule has 4 heterocycles. The molecule has 30 heavy (non-hydrogen) atoms. The summed E-state index contributed by atoms with van der Waals surface area (Å²) in [7, 11) is 0. The average Bonchev–Trinajstić information content (AvgIpc) is 3.22. The SMILES string of the molecule is O=c1[nH]c(-c2ccncc2)nc2c1CCN(Cc1cn[nH]c1-c1ccc(Cl)cc1)C2. The van der Waals surface area contributed by atoms with Gasteiger partial charge >= 0.3 is 0 Å². The predicted octanol–water partition coefficient (Wildman–Crippen LogP) is 3.43. The summed E-state index contributed by atoms with van der Waals surface area (Å²) < 4.78 is 0. The van der Waals surface area contributed by atoms with Crippen molar-refractivity contribution < 1.29 is 0 Å². The van der Waals surface area contributed by atoms with Gasteiger partial charge in [-0.15, -0.1) is 0 Å². The molecule has 0 atom stereocenters. The molecule has 0 amide bonds. The highest BCUT2D eigenvalue weighted by Crippen LogP contribution is 2.26. The van der Waals surface area contributed by atoms with Crippen molar-refractivity contribution in [3.63, 3.8) is 0 Å². The van der Waals surface area contributed by atoms with Crippen molar-refractivity contribution >= 4 is 11.6 Å². The van der Waals surface area contributed by atoms with Crippen molar-refractivity contribution in [1.82, 2.24) is 30.0 Å². The summed E-state index contributed by atoms with van der Waals surface area (Å²) >= 11 is 6.01. The second kappa shape index (κ2) is 7.85. The van der Waals surface area contributed by atoms with Crippen LogP contribution < -0.4 is 5.56 Å². The predicted molar refractivity (Wildman–Crippen MR) is 115 cm³/mol. The van der Waals surface area contributed by atoms with Crippen molar-refractivity contribution in [2.45, 2.75) is 19.5 Å². The van der Waals surface area contributed by atoms with Gasteiger partial charge < -0.3 is 4.98 Å². The fourth-order valence-electron chi connectivity index (χ4n) is 3.81. The number of hydrogen-bond acceptors (Lipinski definition) is 5. The standard InChI is InChI=1S/C22H19ClN6O/c23-17-3-1-14(2-4-17)20-16(11-25-28-20)12-29-10-7-18-19(13-29)26-21(27-22(18)30)15-5-8-24-9-6-15/h1-6,8-9,11H,7,10,12-13H2,(H,25,28)(H,26,27,30). The molecule has 8 heteroatoms. The molecule has 5 rings (SSSR count). The van der Waals surface area contributed by atoms with Crippen LogP contribution in [0.1, 0.15) is 16.8 Å². The van der Waals surface area contributed by atoms with Crippen LogP contribution in [0, 0.1) is 0 Å². The lowest BCUT2D eigenvalue weighted by atomic mass is 10.0. The quantitative estimate of drug-likeness (QED) is 0.529. The molecule has 1 aliphatic heterocycles. The highest BCUT2D eigenvalue weighted by molar-refractivity contribution is 6.30. The van der Waals surface area contributed by atoms with Crippen molar-refractivity contribution in [2.24, 2.45) is 0 Å². The Balaban J connectivity index is 1.40. The molecular formula is C22H19ClN6O. The molecular weight excluding hydrogens is 400 g/mol. The van der Waals surface area contributed by atoms with Crippen LogP contribution in [0.2, 0.25) is 5.02 Å². The van der Waals surface area contributed by atoms with E-state index in [1.54, 1.807) is 12.4 Å². The minimum Gasteiger partial charge on any atom is -0.306 e. The summed E-state index contributed by atoms with van der Waals surface area (Å²) in [5, 5.41) is 8.03. The summed E-state index contributed by atoms with van der Waals surface area (Å²) in [5.74, 6) is 0.577. The smallest absolute Gasteiger partial charge is 0.254 e. The molecule has 2 N–H and O–H groups in total. The van der Waals surface area contributed by atoms with Gasteiger partial charge in [0.05, 0.1) is 17.6 Å². The first-order chi connectivity index (χ1) is 14.7.